The SMILES string of the molecule is c1ccc(-c2cccc(-c3nc(-c4ccccc4)nc(-c4cccc(-n5c6ccccc6c6ccc7oc8ccccc8c7c65)c4)n3)c2)cc1. The van der Waals surface area contributed by atoms with E-state index >= 15 is 0 Å². The first-order valence-corrected chi connectivity index (χ1v) is 16.7. The zero-order valence-electron chi connectivity index (χ0n) is 26.9. The molecule has 3 aromatic heterocycles. The molecule has 10 aromatic rings. The van der Waals surface area contributed by atoms with Gasteiger partial charge in [0.2, 0.25) is 0 Å². The molecule has 3 heterocycles. The molecule has 0 unspecified atom stereocenters. The van der Waals surface area contributed by atoms with Crippen LogP contribution in [0.4, 0.5) is 0 Å². The fraction of sp³-hybridized carbons (Fsp3) is 0. The minimum atomic E-state index is 0.612. The molecule has 0 atom stereocenters. The monoisotopic (exact) mass is 640 g/mol. The minimum Gasteiger partial charge on any atom is -0.456 e. The highest BCUT2D eigenvalue weighted by molar-refractivity contribution is 6.24. The average Bonchev–Trinajstić information content (AvgIpc) is 3.74. The molecule has 0 aliphatic rings. The Bertz CT molecular complexity index is 2870. The normalized spacial score (nSPS) is 11.6. The first-order valence-electron chi connectivity index (χ1n) is 16.7. The summed E-state index contributed by atoms with van der Waals surface area (Å²) in [6.07, 6.45) is 0. The molecular formula is C45H28N4O. The molecule has 7 aromatic carbocycles. The van der Waals surface area contributed by atoms with E-state index in [9.17, 15) is 0 Å². The summed E-state index contributed by atoms with van der Waals surface area (Å²) in [6.45, 7) is 0. The highest BCUT2D eigenvalue weighted by Crippen LogP contribution is 2.41. The van der Waals surface area contributed by atoms with Crippen molar-refractivity contribution in [2.45, 2.75) is 0 Å². The maximum absolute atomic E-state index is 6.35. The van der Waals surface area contributed by atoms with Crippen molar-refractivity contribution < 1.29 is 4.42 Å². The zero-order chi connectivity index (χ0) is 33.0. The molecule has 0 saturated carbocycles. The van der Waals surface area contributed by atoms with E-state index in [0.29, 0.717) is 17.5 Å². The molecule has 5 nitrogen and oxygen atoms in total. The number of rotatable bonds is 5. The van der Waals surface area contributed by atoms with E-state index in [1.54, 1.807) is 0 Å². The molecule has 0 spiro atoms. The van der Waals surface area contributed by atoms with Crippen molar-refractivity contribution >= 4 is 43.7 Å². The van der Waals surface area contributed by atoms with Gasteiger partial charge in [0, 0.05) is 38.5 Å². The highest BCUT2D eigenvalue weighted by Gasteiger charge is 2.20. The van der Waals surface area contributed by atoms with Crippen LogP contribution in [0, 0.1) is 0 Å². The molecule has 0 radical (unpaired) electrons. The van der Waals surface area contributed by atoms with Crippen LogP contribution < -0.4 is 0 Å². The lowest BCUT2D eigenvalue weighted by atomic mass is 10.0. The second kappa shape index (κ2) is 11.4. The second-order valence-electron chi connectivity index (χ2n) is 12.5. The quantitative estimate of drug-likeness (QED) is 0.188. The van der Waals surface area contributed by atoms with Gasteiger partial charge < -0.3 is 8.98 Å². The van der Waals surface area contributed by atoms with Crippen molar-refractivity contribution in [2.75, 3.05) is 0 Å². The second-order valence-corrected chi connectivity index (χ2v) is 12.5. The van der Waals surface area contributed by atoms with Gasteiger partial charge in [0.25, 0.3) is 0 Å². The summed E-state index contributed by atoms with van der Waals surface area (Å²) in [4.78, 5) is 15.2. The van der Waals surface area contributed by atoms with E-state index < -0.39 is 0 Å². The summed E-state index contributed by atoms with van der Waals surface area (Å²) in [5.41, 5.74) is 10.0. The van der Waals surface area contributed by atoms with Crippen LogP contribution in [-0.4, -0.2) is 19.5 Å². The fourth-order valence-corrected chi connectivity index (χ4v) is 7.14. The molecule has 10 rings (SSSR count). The highest BCUT2D eigenvalue weighted by atomic mass is 16.3. The van der Waals surface area contributed by atoms with Gasteiger partial charge in [0.1, 0.15) is 11.2 Å². The summed E-state index contributed by atoms with van der Waals surface area (Å²) >= 11 is 0. The number of benzene rings is 7. The molecule has 0 aliphatic heterocycles. The lowest BCUT2D eigenvalue weighted by molar-refractivity contribution is 0.669. The van der Waals surface area contributed by atoms with Gasteiger partial charge >= 0.3 is 0 Å². The Hall–Kier alpha value is -6.85. The first-order chi connectivity index (χ1) is 24.8. The number of aromatic nitrogens is 4. The van der Waals surface area contributed by atoms with Crippen LogP contribution in [0.15, 0.2) is 174 Å². The lowest BCUT2D eigenvalue weighted by Crippen LogP contribution is -2.01. The van der Waals surface area contributed by atoms with Crippen molar-refractivity contribution in [3.8, 4) is 51.0 Å². The molecule has 0 amide bonds. The van der Waals surface area contributed by atoms with Crippen LogP contribution >= 0.6 is 0 Å². The molecule has 0 saturated heterocycles. The van der Waals surface area contributed by atoms with Crippen molar-refractivity contribution in [3.63, 3.8) is 0 Å². The Morgan fingerprint density at radius 2 is 0.960 bits per heavy atom. The van der Waals surface area contributed by atoms with Crippen molar-refractivity contribution in [2.24, 2.45) is 0 Å². The predicted octanol–water partition coefficient (Wildman–Crippen LogP) is 11.5. The Labute approximate surface area is 287 Å². The molecular weight excluding hydrogens is 613 g/mol. The third kappa shape index (κ3) is 4.60. The molecule has 5 heteroatoms. The van der Waals surface area contributed by atoms with E-state index in [2.05, 4.69) is 126 Å². The number of para-hydroxylation sites is 2. The van der Waals surface area contributed by atoms with Crippen LogP contribution in [0.3, 0.4) is 0 Å². The summed E-state index contributed by atoms with van der Waals surface area (Å²) in [5, 5.41) is 4.57. The van der Waals surface area contributed by atoms with E-state index in [0.717, 1.165) is 66.5 Å². The lowest BCUT2D eigenvalue weighted by Gasteiger charge is -2.12. The number of nitrogens with zero attached hydrogens (tertiary/aromatic N) is 4. The minimum absolute atomic E-state index is 0.612. The zero-order valence-corrected chi connectivity index (χ0v) is 26.9. The van der Waals surface area contributed by atoms with Gasteiger partial charge in [-0.05, 0) is 53.6 Å². The maximum atomic E-state index is 6.35. The predicted molar refractivity (Wildman–Crippen MR) is 203 cm³/mol. The van der Waals surface area contributed by atoms with Crippen molar-refractivity contribution in [3.05, 3.63) is 170 Å². The Kier molecular flexibility index (Phi) is 6.42. The third-order valence-electron chi connectivity index (χ3n) is 9.43. The summed E-state index contributed by atoms with van der Waals surface area (Å²) < 4.78 is 8.70. The van der Waals surface area contributed by atoms with Gasteiger partial charge in [0.15, 0.2) is 17.5 Å². The first kappa shape index (κ1) is 28.2. The Morgan fingerprint density at radius 1 is 0.380 bits per heavy atom. The molecule has 0 aliphatic carbocycles. The van der Waals surface area contributed by atoms with Gasteiger partial charge in [-0.15, -0.1) is 0 Å². The number of fused-ring (bicyclic) bond motifs is 7. The molecule has 0 N–H and O–H groups in total. The smallest absolute Gasteiger partial charge is 0.164 e. The average molecular weight is 641 g/mol. The van der Waals surface area contributed by atoms with Crippen LogP contribution in [0.1, 0.15) is 0 Å². The van der Waals surface area contributed by atoms with Crippen LogP contribution in [0.2, 0.25) is 0 Å². The van der Waals surface area contributed by atoms with E-state index in [4.69, 9.17) is 19.4 Å². The topological polar surface area (TPSA) is 56.7 Å². The fourth-order valence-electron chi connectivity index (χ4n) is 7.14. The largest absolute Gasteiger partial charge is 0.456 e. The van der Waals surface area contributed by atoms with Gasteiger partial charge in [0.05, 0.1) is 16.4 Å². The summed E-state index contributed by atoms with van der Waals surface area (Å²) in [7, 11) is 0. The number of hydrogen-bond acceptors (Lipinski definition) is 4. The van der Waals surface area contributed by atoms with Crippen molar-refractivity contribution in [1.82, 2.24) is 19.5 Å². The maximum Gasteiger partial charge on any atom is 0.164 e. The van der Waals surface area contributed by atoms with E-state index in [-0.39, 0.29) is 0 Å². The van der Waals surface area contributed by atoms with Crippen molar-refractivity contribution in [1.29, 1.82) is 0 Å². The van der Waals surface area contributed by atoms with Gasteiger partial charge in [-0.2, -0.15) is 0 Å². The number of hydrogen-bond donors (Lipinski definition) is 0. The number of furan rings is 1. The third-order valence-corrected chi connectivity index (χ3v) is 9.43. The van der Waals surface area contributed by atoms with Crippen LogP contribution in [-0.2, 0) is 0 Å². The van der Waals surface area contributed by atoms with Crippen LogP contribution in [0.5, 0.6) is 0 Å². The van der Waals surface area contributed by atoms with Gasteiger partial charge in [-0.3, -0.25) is 0 Å². The van der Waals surface area contributed by atoms with Gasteiger partial charge in [-0.1, -0.05) is 127 Å². The summed E-state index contributed by atoms with van der Waals surface area (Å²) in [5.74, 6) is 1.87. The molecule has 0 fully saturated rings. The van der Waals surface area contributed by atoms with E-state index in [1.165, 1.54) is 10.8 Å². The Balaban J connectivity index is 1.19. The van der Waals surface area contributed by atoms with E-state index in [1.807, 2.05) is 48.5 Å². The molecule has 234 valence electrons. The molecule has 50 heavy (non-hydrogen) atoms. The summed E-state index contributed by atoms with van der Waals surface area (Å²) in [6, 6.07) is 58.5. The molecule has 0 bridgehead atoms. The Morgan fingerprint density at radius 3 is 1.74 bits per heavy atom. The van der Waals surface area contributed by atoms with Gasteiger partial charge in [-0.25, -0.2) is 15.0 Å². The van der Waals surface area contributed by atoms with Crippen LogP contribution in [0.25, 0.3) is 94.7 Å². The standard InChI is InChI=1S/C45H28N4O/c1-3-13-29(14-4-1)31-17-11-18-32(27-31)44-46-43(30-15-5-2-6-16-30)47-45(48-44)33-19-12-20-34(28-33)49-38-23-9-7-21-35(38)36-25-26-40-41(42(36)49)37-22-8-10-24-39(37)50-40/h1-28H.